The normalized spacial score (nSPS) is 19.0. The van der Waals surface area contributed by atoms with Crippen LogP contribution < -0.4 is 9.64 Å². The molecule has 8 nitrogen and oxygen atoms in total. The first-order valence-corrected chi connectivity index (χ1v) is 11.0. The van der Waals surface area contributed by atoms with Gasteiger partial charge in [-0.2, -0.15) is 4.31 Å². The molecule has 1 fully saturated rings. The fourth-order valence-electron chi connectivity index (χ4n) is 3.53. The van der Waals surface area contributed by atoms with E-state index in [1.54, 1.807) is 42.0 Å². The summed E-state index contributed by atoms with van der Waals surface area (Å²) in [5, 5.41) is 0. The Morgan fingerprint density at radius 1 is 1.14 bits per heavy atom. The molecule has 9 heteroatoms. The van der Waals surface area contributed by atoms with Crippen molar-refractivity contribution in [1.82, 2.24) is 19.2 Å². The zero-order valence-corrected chi connectivity index (χ0v) is 18.3. The summed E-state index contributed by atoms with van der Waals surface area (Å²) in [7, 11) is 3.90. The molecule has 1 aromatic heterocycles. The van der Waals surface area contributed by atoms with Gasteiger partial charge in [0.25, 0.3) is 0 Å². The van der Waals surface area contributed by atoms with Crippen LogP contribution in [-0.4, -0.2) is 82.0 Å². The fraction of sp³-hybridized carbons (Fsp3) is 0.500. The van der Waals surface area contributed by atoms with Gasteiger partial charge in [-0.1, -0.05) is 0 Å². The van der Waals surface area contributed by atoms with Gasteiger partial charge in [0, 0.05) is 52.0 Å². The van der Waals surface area contributed by atoms with Gasteiger partial charge in [0.15, 0.2) is 0 Å². The molecule has 3 rings (SSSR count). The van der Waals surface area contributed by atoms with E-state index in [-0.39, 0.29) is 5.92 Å². The van der Waals surface area contributed by atoms with Crippen LogP contribution in [0.25, 0.3) is 0 Å². The number of nitrogens with zero attached hydrogens (tertiary/aromatic N) is 5. The van der Waals surface area contributed by atoms with Crippen molar-refractivity contribution < 1.29 is 13.2 Å². The molecule has 0 bridgehead atoms. The molecule has 1 saturated heterocycles. The van der Waals surface area contributed by atoms with Crippen LogP contribution in [0.1, 0.15) is 5.69 Å². The van der Waals surface area contributed by atoms with Gasteiger partial charge in [0.2, 0.25) is 10.0 Å². The van der Waals surface area contributed by atoms with E-state index in [9.17, 15) is 8.42 Å². The number of likely N-dealkylation sites (N-methyl/N-ethyl adjacent to an activating group) is 1. The summed E-state index contributed by atoms with van der Waals surface area (Å²) in [5.74, 6) is 1.62. The number of rotatable bonds is 6. The van der Waals surface area contributed by atoms with Crippen molar-refractivity contribution in [2.75, 3.05) is 59.3 Å². The van der Waals surface area contributed by atoms with Crippen molar-refractivity contribution in [3.8, 4) is 5.75 Å². The highest BCUT2D eigenvalue weighted by molar-refractivity contribution is 7.89. The van der Waals surface area contributed by atoms with Crippen LogP contribution in [0.5, 0.6) is 5.75 Å². The Kier molecular flexibility index (Phi) is 6.71. The third-order valence-corrected chi connectivity index (χ3v) is 7.00. The van der Waals surface area contributed by atoms with Crippen molar-refractivity contribution in [2.45, 2.75) is 11.3 Å². The van der Waals surface area contributed by atoms with Crippen LogP contribution >= 0.6 is 0 Å². The number of methoxy groups -OCH3 is 1. The second-order valence-electron chi connectivity index (χ2n) is 7.63. The molecule has 1 atom stereocenters. The first-order chi connectivity index (χ1) is 13.8. The van der Waals surface area contributed by atoms with Crippen molar-refractivity contribution in [3.63, 3.8) is 0 Å². The predicted octanol–water partition coefficient (Wildman–Crippen LogP) is 1.35. The highest BCUT2D eigenvalue weighted by atomic mass is 32.2. The van der Waals surface area contributed by atoms with E-state index < -0.39 is 10.0 Å². The Bertz CT molecular complexity index is 918. The quantitative estimate of drug-likeness (QED) is 0.699. The van der Waals surface area contributed by atoms with Gasteiger partial charge in [-0.3, -0.25) is 0 Å². The summed E-state index contributed by atoms with van der Waals surface area (Å²) in [6.45, 7) is 2.43. The lowest BCUT2D eigenvalue weighted by molar-refractivity contribution is 0.307. The Hall–Kier alpha value is -2.23. The molecule has 1 aliphatic rings. The van der Waals surface area contributed by atoms with E-state index in [1.165, 1.54) is 0 Å². The molecule has 1 aromatic carbocycles. The maximum atomic E-state index is 13.2. The number of hydrogen-bond donors (Lipinski definition) is 0. The highest BCUT2D eigenvalue weighted by Crippen LogP contribution is 2.23. The first-order valence-electron chi connectivity index (χ1n) is 9.60. The number of ether oxygens (including phenoxy) is 1. The predicted molar refractivity (Wildman–Crippen MR) is 113 cm³/mol. The molecule has 1 aliphatic heterocycles. The van der Waals surface area contributed by atoms with Gasteiger partial charge in [0.1, 0.15) is 17.9 Å². The summed E-state index contributed by atoms with van der Waals surface area (Å²) in [6, 6.07) is 8.53. The maximum absolute atomic E-state index is 13.2. The van der Waals surface area contributed by atoms with E-state index in [2.05, 4.69) is 14.9 Å². The number of hydrogen-bond acceptors (Lipinski definition) is 7. The maximum Gasteiger partial charge on any atom is 0.243 e. The summed E-state index contributed by atoms with van der Waals surface area (Å²) < 4.78 is 33.2. The zero-order valence-electron chi connectivity index (χ0n) is 17.4. The van der Waals surface area contributed by atoms with E-state index in [1.807, 2.05) is 32.1 Å². The van der Waals surface area contributed by atoms with Crippen LogP contribution in [0.15, 0.2) is 41.6 Å². The largest absolute Gasteiger partial charge is 0.497 e. The minimum atomic E-state index is -3.57. The van der Waals surface area contributed by atoms with Crippen molar-refractivity contribution in [1.29, 1.82) is 0 Å². The summed E-state index contributed by atoms with van der Waals surface area (Å²) in [6.07, 6.45) is 2.26. The molecule has 0 unspecified atom stereocenters. The number of benzene rings is 1. The summed E-state index contributed by atoms with van der Waals surface area (Å²) in [5.41, 5.74) is 0.922. The number of sulfonamides is 1. The van der Waals surface area contributed by atoms with E-state index in [0.717, 1.165) is 18.1 Å². The molecular weight excluding hydrogens is 390 g/mol. The van der Waals surface area contributed by atoms with Gasteiger partial charge in [-0.05, 0) is 43.7 Å². The average molecular weight is 420 g/mol. The third kappa shape index (κ3) is 5.23. The molecule has 0 radical (unpaired) electrons. The first kappa shape index (κ1) is 21.5. The third-order valence-electron chi connectivity index (χ3n) is 5.13. The van der Waals surface area contributed by atoms with Gasteiger partial charge in [0.05, 0.1) is 12.0 Å². The van der Waals surface area contributed by atoms with Crippen LogP contribution in [0.3, 0.4) is 0 Å². The molecule has 0 spiro atoms. The van der Waals surface area contributed by atoms with Gasteiger partial charge >= 0.3 is 0 Å². The van der Waals surface area contributed by atoms with Crippen LogP contribution in [0, 0.1) is 5.92 Å². The van der Waals surface area contributed by atoms with Crippen LogP contribution in [-0.2, 0) is 16.4 Å². The summed E-state index contributed by atoms with van der Waals surface area (Å²) in [4.78, 5) is 13.1. The molecule has 158 valence electrons. The van der Waals surface area contributed by atoms with Crippen LogP contribution in [0.4, 0.5) is 5.82 Å². The molecule has 29 heavy (non-hydrogen) atoms. The van der Waals surface area contributed by atoms with Crippen molar-refractivity contribution in [2.24, 2.45) is 5.92 Å². The molecule has 0 aliphatic carbocycles. The Morgan fingerprint density at radius 2 is 1.86 bits per heavy atom. The molecule has 2 heterocycles. The minimum Gasteiger partial charge on any atom is -0.497 e. The second kappa shape index (κ2) is 9.06. The molecule has 0 N–H and O–H groups in total. The topological polar surface area (TPSA) is 78.9 Å². The molecular formula is C20H29N5O3S. The Morgan fingerprint density at radius 3 is 2.52 bits per heavy atom. The van der Waals surface area contributed by atoms with E-state index in [4.69, 9.17) is 4.74 Å². The number of aromatic nitrogens is 2. The molecule has 0 saturated carbocycles. The minimum absolute atomic E-state index is 0.139. The lowest BCUT2D eigenvalue weighted by Crippen LogP contribution is -2.36. The lowest BCUT2D eigenvalue weighted by Gasteiger charge is -2.24. The van der Waals surface area contributed by atoms with E-state index in [0.29, 0.717) is 36.7 Å². The Balaban J connectivity index is 1.80. The zero-order chi connectivity index (χ0) is 21.0. The summed E-state index contributed by atoms with van der Waals surface area (Å²) >= 11 is 0. The smallest absolute Gasteiger partial charge is 0.243 e. The molecule has 0 amide bonds. The van der Waals surface area contributed by atoms with Crippen LogP contribution in [0.2, 0.25) is 0 Å². The standard InChI is InChI=1S/C20H29N5O3S/c1-23(2)20-12-17(21-15-22-20)11-16-13-24(3)9-10-25(14-16)29(26,27)19-7-5-18(28-4)6-8-19/h5-8,12,15-16H,9-11,13-14H2,1-4H3/t16-/m1/s1. The van der Waals surface area contributed by atoms with Gasteiger partial charge < -0.3 is 14.5 Å². The lowest BCUT2D eigenvalue weighted by atomic mass is 10.0. The van der Waals surface area contributed by atoms with Gasteiger partial charge in [-0.15, -0.1) is 0 Å². The highest BCUT2D eigenvalue weighted by Gasteiger charge is 2.30. The molecule has 2 aromatic rings. The Labute approximate surface area is 173 Å². The van der Waals surface area contributed by atoms with Crippen molar-refractivity contribution >= 4 is 15.8 Å². The van der Waals surface area contributed by atoms with Gasteiger partial charge in [-0.25, -0.2) is 18.4 Å². The number of anilines is 1. The van der Waals surface area contributed by atoms with Crippen molar-refractivity contribution in [3.05, 3.63) is 42.4 Å². The SMILES string of the molecule is COc1ccc(S(=O)(=O)N2CCN(C)C[C@@H](Cc3cc(N(C)C)ncn3)C2)cc1. The second-order valence-corrected chi connectivity index (χ2v) is 9.57. The monoisotopic (exact) mass is 419 g/mol. The average Bonchev–Trinajstić information content (AvgIpc) is 2.89. The van der Waals surface area contributed by atoms with E-state index >= 15 is 0 Å². The fourth-order valence-corrected chi connectivity index (χ4v) is 5.04.